The fourth-order valence-electron chi connectivity index (χ4n) is 1.55. The molecule has 0 spiro atoms. The summed E-state index contributed by atoms with van der Waals surface area (Å²) in [5.41, 5.74) is 6.62. The number of anilines is 1. The predicted molar refractivity (Wildman–Crippen MR) is 87.7 cm³/mol. The van der Waals surface area contributed by atoms with Gasteiger partial charge in [0.2, 0.25) is 5.91 Å². The number of carbonyl (C=O) groups excluding carboxylic acids is 1. The van der Waals surface area contributed by atoms with Gasteiger partial charge in [0, 0.05) is 18.2 Å². The maximum absolute atomic E-state index is 11.3. The lowest BCUT2D eigenvalue weighted by atomic mass is 10.3. The van der Waals surface area contributed by atoms with Crippen LogP contribution in [0.1, 0.15) is 12.8 Å². The summed E-state index contributed by atoms with van der Waals surface area (Å²) in [6.45, 7) is 1.02. The van der Waals surface area contributed by atoms with Crippen molar-refractivity contribution in [2.45, 2.75) is 12.8 Å². The molecule has 0 radical (unpaired) electrons. The topological polar surface area (TPSA) is 79.5 Å². The van der Waals surface area contributed by atoms with Crippen LogP contribution in [0.25, 0.3) is 0 Å². The summed E-state index contributed by atoms with van der Waals surface area (Å²) in [4.78, 5) is 15.5. The number of hydrogen-bond acceptors (Lipinski definition) is 2. The van der Waals surface area contributed by atoms with Gasteiger partial charge >= 0.3 is 0 Å². The molecule has 4 N–H and O–H groups in total. The van der Waals surface area contributed by atoms with Gasteiger partial charge in [-0.05, 0) is 25.0 Å². The third-order valence-corrected chi connectivity index (χ3v) is 2.69. The average Bonchev–Trinajstić information content (AvgIpc) is 3.20. The van der Waals surface area contributed by atoms with Gasteiger partial charge in [-0.1, -0.05) is 18.2 Å². The Morgan fingerprint density at radius 3 is 2.63 bits per heavy atom. The minimum Gasteiger partial charge on any atom is -0.370 e. The molecule has 0 bridgehead atoms. The Bertz CT molecular complexity index is 432. The Morgan fingerprint density at radius 2 is 2.00 bits per heavy atom. The van der Waals surface area contributed by atoms with Crippen LogP contribution in [0.4, 0.5) is 5.69 Å². The number of halogens is 1. The Labute approximate surface area is 130 Å². The number of nitrogens with zero attached hydrogens (tertiary/aromatic N) is 1. The van der Waals surface area contributed by atoms with E-state index in [4.69, 9.17) is 5.73 Å². The maximum atomic E-state index is 11.3. The quantitative estimate of drug-likeness (QED) is 0.317. The van der Waals surface area contributed by atoms with E-state index >= 15 is 0 Å². The second-order valence-electron chi connectivity index (χ2n) is 4.32. The van der Waals surface area contributed by atoms with Crippen molar-refractivity contribution in [3.8, 4) is 0 Å². The molecular weight excluding hydrogens is 355 g/mol. The number of benzene rings is 1. The lowest BCUT2D eigenvalue weighted by Crippen LogP contribution is -2.29. The summed E-state index contributed by atoms with van der Waals surface area (Å²) >= 11 is 0. The lowest BCUT2D eigenvalue weighted by molar-refractivity contribution is -0.122. The number of aliphatic imine (C=N–C) groups is 1. The monoisotopic (exact) mass is 374 g/mol. The average molecular weight is 374 g/mol. The smallest absolute Gasteiger partial charge is 0.223 e. The molecule has 1 aromatic rings. The minimum atomic E-state index is 0. The first kappa shape index (κ1) is 15.7. The molecule has 1 fully saturated rings. The zero-order chi connectivity index (χ0) is 12.8. The molecule has 0 saturated heterocycles. The Balaban J connectivity index is 0.00000180. The predicted octanol–water partition coefficient (Wildman–Crippen LogP) is 1.56. The Morgan fingerprint density at radius 1 is 1.32 bits per heavy atom. The fourth-order valence-corrected chi connectivity index (χ4v) is 1.55. The van der Waals surface area contributed by atoms with E-state index in [0.29, 0.717) is 19.0 Å². The normalized spacial score (nSPS) is 14.4. The molecular formula is C13H19IN4O. The molecule has 6 heteroatoms. The zero-order valence-corrected chi connectivity index (χ0v) is 13.0. The zero-order valence-electron chi connectivity index (χ0n) is 10.6. The van der Waals surface area contributed by atoms with Crippen molar-refractivity contribution in [2.24, 2.45) is 16.6 Å². The van der Waals surface area contributed by atoms with Gasteiger partial charge < -0.3 is 16.4 Å². The number of hydrogen-bond donors (Lipinski definition) is 3. The van der Waals surface area contributed by atoms with E-state index in [-0.39, 0.29) is 35.8 Å². The highest BCUT2D eigenvalue weighted by atomic mass is 127. The molecule has 0 unspecified atom stereocenters. The van der Waals surface area contributed by atoms with Crippen molar-refractivity contribution < 1.29 is 4.79 Å². The highest BCUT2D eigenvalue weighted by molar-refractivity contribution is 14.0. The molecule has 2 rings (SSSR count). The van der Waals surface area contributed by atoms with E-state index in [2.05, 4.69) is 15.6 Å². The van der Waals surface area contributed by atoms with E-state index in [0.717, 1.165) is 18.5 Å². The van der Waals surface area contributed by atoms with Gasteiger partial charge in [0.1, 0.15) is 0 Å². The van der Waals surface area contributed by atoms with Crippen molar-refractivity contribution >= 4 is 41.5 Å². The number of rotatable bonds is 5. The third-order valence-electron chi connectivity index (χ3n) is 2.69. The molecule has 1 aliphatic rings. The van der Waals surface area contributed by atoms with Crippen LogP contribution in [-0.4, -0.2) is 25.0 Å². The second kappa shape index (κ2) is 7.98. The first-order valence-corrected chi connectivity index (χ1v) is 6.15. The van der Waals surface area contributed by atoms with Gasteiger partial charge in [-0.3, -0.25) is 9.79 Å². The van der Waals surface area contributed by atoms with Crippen LogP contribution in [0.15, 0.2) is 35.3 Å². The van der Waals surface area contributed by atoms with Crippen LogP contribution in [0.3, 0.4) is 0 Å². The highest BCUT2D eigenvalue weighted by Crippen LogP contribution is 2.28. The summed E-state index contributed by atoms with van der Waals surface area (Å²) in [6.07, 6.45) is 2.04. The number of para-hydroxylation sites is 1. The molecule has 104 valence electrons. The number of amides is 1. The van der Waals surface area contributed by atoms with E-state index < -0.39 is 0 Å². The third kappa shape index (κ3) is 5.91. The SMILES string of the molecule is I.NC(=NCCNC(=O)C1CC1)Nc1ccccc1. The van der Waals surface area contributed by atoms with Crippen LogP contribution < -0.4 is 16.4 Å². The molecule has 5 nitrogen and oxygen atoms in total. The molecule has 1 aromatic carbocycles. The van der Waals surface area contributed by atoms with Crippen molar-refractivity contribution in [1.29, 1.82) is 0 Å². The molecule has 0 atom stereocenters. The fraction of sp³-hybridized carbons (Fsp3) is 0.385. The summed E-state index contributed by atoms with van der Waals surface area (Å²) in [6, 6.07) is 9.61. The highest BCUT2D eigenvalue weighted by Gasteiger charge is 2.28. The van der Waals surface area contributed by atoms with Crippen LogP contribution in [0.2, 0.25) is 0 Å². The Hall–Kier alpha value is -1.31. The van der Waals surface area contributed by atoms with Gasteiger partial charge in [-0.25, -0.2) is 0 Å². The van der Waals surface area contributed by atoms with Crippen molar-refractivity contribution in [2.75, 3.05) is 18.4 Å². The van der Waals surface area contributed by atoms with E-state index in [1.54, 1.807) is 0 Å². The largest absolute Gasteiger partial charge is 0.370 e. The standard InChI is InChI=1S/C13H18N4O.HI/c14-13(17-11-4-2-1-3-5-11)16-9-8-15-12(18)10-6-7-10;/h1-5,10H,6-9H2,(H,15,18)(H3,14,16,17);1H. The number of nitrogens with two attached hydrogens (primary N) is 1. The molecule has 0 heterocycles. The van der Waals surface area contributed by atoms with Gasteiger partial charge in [0.25, 0.3) is 0 Å². The lowest BCUT2D eigenvalue weighted by Gasteiger charge is -2.05. The summed E-state index contributed by atoms with van der Waals surface area (Å²) in [5.74, 6) is 0.746. The van der Waals surface area contributed by atoms with Gasteiger partial charge in [0.15, 0.2) is 5.96 Å². The molecule has 19 heavy (non-hydrogen) atoms. The van der Waals surface area contributed by atoms with Crippen LogP contribution in [0, 0.1) is 5.92 Å². The summed E-state index contributed by atoms with van der Waals surface area (Å²) in [7, 11) is 0. The van der Waals surface area contributed by atoms with Crippen molar-refractivity contribution in [1.82, 2.24) is 5.32 Å². The minimum absolute atomic E-state index is 0. The summed E-state index contributed by atoms with van der Waals surface area (Å²) < 4.78 is 0. The van der Waals surface area contributed by atoms with Crippen LogP contribution in [-0.2, 0) is 4.79 Å². The van der Waals surface area contributed by atoms with Crippen LogP contribution in [0.5, 0.6) is 0 Å². The molecule has 1 amide bonds. The molecule has 1 saturated carbocycles. The van der Waals surface area contributed by atoms with E-state index in [1.165, 1.54) is 0 Å². The molecule has 0 aliphatic heterocycles. The van der Waals surface area contributed by atoms with Crippen LogP contribution >= 0.6 is 24.0 Å². The summed E-state index contributed by atoms with van der Waals surface area (Å²) in [5, 5.41) is 5.81. The second-order valence-corrected chi connectivity index (χ2v) is 4.32. The molecule has 0 aromatic heterocycles. The number of guanidine groups is 1. The maximum Gasteiger partial charge on any atom is 0.223 e. The first-order valence-electron chi connectivity index (χ1n) is 6.15. The van der Waals surface area contributed by atoms with E-state index in [1.807, 2.05) is 30.3 Å². The number of carbonyl (C=O) groups is 1. The van der Waals surface area contributed by atoms with Gasteiger partial charge in [-0.15, -0.1) is 24.0 Å². The van der Waals surface area contributed by atoms with Gasteiger partial charge in [0.05, 0.1) is 6.54 Å². The van der Waals surface area contributed by atoms with Crippen molar-refractivity contribution in [3.05, 3.63) is 30.3 Å². The first-order chi connectivity index (χ1) is 8.75. The molecule has 1 aliphatic carbocycles. The Kier molecular flexibility index (Phi) is 6.61. The van der Waals surface area contributed by atoms with Gasteiger partial charge in [-0.2, -0.15) is 0 Å². The van der Waals surface area contributed by atoms with Crippen molar-refractivity contribution in [3.63, 3.8) is 0 Å². The number of nitrogens with one attached hydrogen (secondary N) is 2. The van der Waals surface area contributed by atoms with E-state index in [9.17, 15) is 4.79 Å².